The Hall–Kier alpha value is -1.13. The third kappa shape index (κ3) is 3.13. The standard InChI is InChI=1S/C15H19ClN2OS/c1-15(2)7-3-4-11(15)14(19)18-12-8-9(16)5-6-10(12)13(17)20/h5-6,8,11H,3-4,7H2,1-2H3,(H2,17,20)(H,18,19). The fourth-order valence-corrected chi connectivity index (χ4v) is 3.22. The first kappa shape index (κ1) is 15.3. The Bertz CT molecular complexity index is 557. The monoisotopic (exact) mass is 310 g/mol. The largest absolute Gasteiger partial charge is 0.389 e. The van der Waals surface area contributed by atoms with Crippen LogP contribution in [-0.4, -0.2) is 10.9 Å². The highest BCUT2D eigenvalue weighted by Crippen LogP contribution is 2.43. The zero-order chi connectivity index (χ0) is 14.9. The number of amides is 1. The van der Waals surface area contributed by atoms with Crippen LogP contribution in [0.4, 0.5) is 5.69 Å². The molecule has 1 aliphatic carbocycles. The number of nitrogens with two attached hydrogens (primary N) is 1. The van der Waals surface area contributed by atoms with E-state index in [1.165, 1.54) is 0 Å². The molecule has 0 heterocycles. The number of rotatable bonds is 3. The summed E-state index contributed by atoms with van der Waals surface area (Å²) in [7, 11) is 0. The number of benzene rings is 1. The minimum absolute atomic E-state index is 0.0145. The second kappa shape index (κ2) is 5.70. The third-order valence-corrected chi connectivity index (χ3v) is 4.53. The Morgan fingerprint density at radius 2 is 2.20 bits per heavy atom. The molecular weight excluding hydrogens is 292 g/mol. The summed E-state index contributed by atoms with van der Waals surface area (Å²) in [5.41, 5.74) is 6.96. The molecule has 1 fully saturated rings. The molecule has 3 nitrogen and oxygen atoms in total. The fourth-order valence-electron chi connectivity index (χ4n) is 2.87. The van der Waals surface area contributed by atoms with Crippen molar-refractivity contribution in [3.63, 3.8) is 0 Å². The van der Waals surface area contributed by atoms with Crippen molar-refractivity contribution in [1.29, 1.82) is 0 Å². The van der Waals surface area contributed by atoms with Crippen LogP contribution < -0.4 is 11.1 Å². The van der Waals surface area contributed by atoms with Crippen LogP contribution in [-0.2, 0) is 4.79 Å². The number of halogens is 1. The summed E-state index contributed by atoms with van der Waals surface area (Å²) >= 11 is 11.0. The first-order valence-electron chi connectivity index (χ1n) is 6.71. The Morgan fingerprint density at radius 1 is 1.50 bits per heavy atom. The van der Waals surface area contributed by atoms with Gasteiger partial charge in [-0.2, -0.15) is 0 Å². The number of nitrogens with one attached hydrogen (secondary N) is 1. The Kier molecular flexibility index (Phi) is 4.35. The van der Waals surface area contributed by atoms with Crippen molar-refractivity contribution >= 4 is 40.4 Å². The molecule has 0 aromatic heterocycles. The van der Waals surface area contributed by atoms with Crippen molar-refractivity contribution in [3.8, 4) is 0 Å². The van der Waals surface area contributed by atoms with Crippen LogP contribution in [0.2, 0.25) is 5.02 Å². The molecule has 5 heteroatoms. The zero-order valence-corrected chi connectivity index (χ0v) is 13.3. The zero-order valence-electron chi connectivity index (χ0n) is 11.7. The molecule has 2 rings (SSSR count). The predicted octanol–water partition coefficient (Wildman–Crippen LogP) is 3.74. The molecule has 3 N–H and O–H groups in total. The normalized spacial score (nSPS) is 20.6. The van der Waals surface area contributed by atoms with Gasteiger partial charge in [0, 0.05) is 16.5 Å². The summed E-state index contributed by atoms with van der Waals surface area (Å²) in [5, 5.41) is 3.49. The van der Waals surface area contributed by atoms with Gasteiger partial charge in [-0.25, -0.2) is 0 Å². The fraction of sp³-hybridized carbons (Fsp3) is 0.467. The van der Waals surface area contributed by atoms with Crippen LogP contribution >= 0.6 is 23.8 Å². The molecule has 1 amide bonds. The van der Waals surface area contributed by atoms with Gasteiger partial charge in [0.25, 0.3) is 0 Å². The van der Waals surface area contributed by atoms with Crippen molar-refractivity contribution in [1.82, 2.24) is 0 Å². The first-order valence-corrected chi connectivity index (χ1v) is 7.50. The van der Waals surface area contributed by atoms with E-state index in [1.807, 2.05) is 0 Å². The topological polar surface area (TPSA) is 55.1 Å². The SMILES string of the molecule is CC1(C)CCCC1C(=O)Nc1cc(Cl)ccc1C(N)=S. The van der Waals surface area contributed by atoms with E-state index in [0.717, 1.165) is 19.3 Å². The molecule has 0 saturated heterocycles. The lowest BCUT2D eigenvalue weighted by molar-refractivity contribution is -0.122. The lowest BCUT2D eigenvalue weighted by atomic mass is 9.81. The molecule has 0 bridgehead atoms. The molecule has 1 atom stereocenters. The molecule has 20 heavy (non-hydrogen) atoms. The quantitative estimate of drug-likeness (QED) is 0.836. The van der Waals surface area contributed by atoms with Crippen LogP contribution in [0.15, 0.2) is 18.2 Å². The lowest BCUT2D eigenvalue weighted by Gasteiger charge is -2.26. The molecule has 0 aliphatic heterocycles. The Morgan fingerprint density at radius 3 is 2.75 bits per heavy atom. The number of hydrogen-bond donors (Lipinski definition) is 2. The summed E-state index contributed by atoms with van der Waals surface area (Å²) in [5.74, 6) is 0.0351. The van der Waals surface area contributed by atoms with E-state index in [0.29, 0.717) is 16.3 Å². The number of anilines is 1. The average molecular weight is 311 g/mol. The van der Waals surface area contributed by atoms with Crippen LogP contribution in [0, 0.1) is 11.3 Å². The highest BCUT2D eigenvalue weighted by molar-refractivity contribution is 7.80. The summed E-state index contributed by atoms with van der Waals surface area (Å²) < 4.78 is 0. The van der Waals surface area contributed by atoms with Crippen molar-refractivity contribution in [2.24, 2.45) is 17.1 Å². The van der Waals surface area contributed by atoms with E-state index in [4.69, 9.17) is 29.6 Å². The van der Waals surface area contributed by atoms with Crippen LogP contribution in [0.5, 0.6) is 0 Å². The van der Waals surface area contributed by atoms with Gasteiger partial charge >= 0.3 is 0 Å². The average Bonchev–Trinajstić information content (AvgIpc) is 2.68. The second-order valence-corrected chi connectivity index (χ2v) is 6.85. The minimum Gasteiger partial charge on any atom is -0.389 e. The van der Waals surface area contributed by atoms with Gasteiger partial charge in [-0.05, 0) is 36.5 Å². The molecule has 108 valence electrons. The second-order valence-electron chi connectivity index (χ2n) is 5.98. The van der Waals surface area contributed by atoms with E-state index in [2.05, 4.69) is 19.2 Å². The molecule has 1 unspecified atom stereocenters. The van der Waals surface area contributed by atoms with E-state index < -0.39 is 0 Å². The highest BCUT2D eigenvalue weighted by atomic mass is 35.5. The van der Waals surface area contributed by atoms with Crippen molar-refractivity contribution in [3.05, 3.63) is 28.8 Å². The van der Waals surface area contributed by atoms with Gasteiger partial charge < -0.3 is 11.1 Å². The van der Waals surface area contributed by atoms with Gasteiger partial charge in [0.05, 0.1) is 5.69 Å². The maximum Gasteiger partial charge on any atom is 0.228 e. The van der Waals surface area contributed by atoms with Gasteiger partial charge in [0.2, 0.25) is 5.91 Å². The van der Waals surface area contributed by atoms with E-state index in [-0.39, 0.29) is 22.2 Å². The van der Waals surface area contributed by atoms with Gasteiger partial charge in [-0.15, -0.1) is 0 Å². The molecule has 1 saturated carbocycles. The van der Waals surface area contributed by atoms with Crippen molar-refractivity contribution < 1.29 is 4.79 Å². The molecule has 0 spiro atoms. The highest BCUT2D eigenvalue weighted by Gasteiger charge is 2.39. The molecule has 0 radical (unpaired) electrons. The first-order chi connectivity index (χ1) is 9.31. The summed E-state index contributed by atoms with van der Waals surface area (Å²) in [6, 6.07) is 5.14. The molecular formula is C15H19ClN2OS. The predicted molar refractivity (Wildman–Crippen MR) is 87.1 cm³/mol. The maximum atomic E-state index is 12.5. The van der Waals surface area contributed by atoms with Crippen molar-refractivity contribution in [2.45, 2.75) is 33.1 Å². The van der Waals surface area contributed by atoms with Gasteiger partial charge in [-0.3, -0.25) is 4.79 Å². The molecule has 1 aliphatic rings. The van der Waals surface area contributed by atoms with Crippen molar-refractivity contribution in [2.75, 3.05) is 5.32 Å². The van der Waals surface area contributed by atoms with Crippen LogP contribution in [0.3, 0.4) is 0 Å². The minimum atomic E-state index is 0.0145. The summed E-state index contributed by atoms with van der Waals surface area (Å²) in [6.45, 7) is 4.27. The van der Waals surface area contributed by atoms with Gasteiger partial charge in [-0.1, -0.05) is 44.1 Å². The Labute approximate surface area is 129 Å². The number of carbonyl (C=O) groups excluding carboxylic acids is 1. The maximum absolute atomic E-state index is 12.5. The molecule has 1 aromatic rings. The van der Waals surface area contributed by atoms with Gasteiger partial charge in [0.1, 0.15) is 4.99 Å². The lowest BCUT2D eigenvalue weighted by Crippen LogP contribution is -2.31. The third-order valence-electron chi connectivity index (χ3n) is 4.08. The smallest absolute Gasteiger partial charge is 0.228 e. The van der Waals surface area contributed by atoms with E-state index in [9.17, 15) is 4.79 Å². The van der Waals surface area contributed by atoms with Gasteiger partial charge in [0.15, 0.2) is 0 Å². The van der Waals surface area contributed by atoms with Crippen LogP contribution in [0.1, 0.15) is 38.7 Å². The Balaban J connectivity index is 2.24. The summed E-state index contributed by atoms with van der Waals surface area (Å²) in [6.07, 6.45) is 3.08. The van der Waals surface area contributed by atoms with E-state index in [1.54, 1.807) is 18.2 Å². The van der Waals surface area contributed by atoms with E-state index >= 15 is 0 Å². The summed E-state index contributed by atoms with van der Waals surface area (Å²) in [4.78, 5) is 12.7. The number of carbonyl (C=O) groups is 1. The van der Waals surface area contributed by atoms with Crippen LogP contribution in [0.25, 0.3) is 0 Å². The molecule has 1 aromatic carbocycles. The number of thiocarbonyl (C=S) groups is 1. The number of hydrogen-bond acceptors (Lipinski definition) is 2.